The molecule has 0 aliphatic heterocycles. The summed E-state index contributed by atoms with van der Waals surface area (Å²) < 4.78 is 1.84. The Morgan fingerprint density at radius 2 is 2.22 bits per heavy atom. The minimum Gasteiger partial charge on any atom is -0.322 e. The van der Waals surface area contributed by atoms with Gasteiger partial charge < -0.3 is 11.1 Å². The molecule has 104 valence electrons. The van der Waals surface area contributed by atoms with Gasteiger partial charge >= 0.3 is 0 Å². The number of anilines is 1. The molecule has 18 heavy (non-hydrogen) atoms. The van der Waals surface area contributed by atoms with Gasteiger partial charge in [-0.2, -0.15) is 5.10 Å². The first kappa shape index (κ1) is 16.9. The summed E-state index contributed by atoms with van der Waals surface area (Å²) in [5, 5.41) is 7.00. The summed E-state index contributed by atoms with van der Waals surface area (Å²) in [6.45, 7) is 6.83. The molecule has 0 bridgehead atoms. The quantitative estimate of drug-likeness (QED) is 0.834. The molecule has 0 aliphatic carbocycles. The SMILES string of the molecule is CCCC[C@H](N)C(=O)Nc1cnn(CC)c1C.Cl. The van der Waals surface area contributed by atoms with Crippen LogP contribution in [0.2, 0.25) is 0 Å². The molecule has 0 aliphatic rings. The first-order chi connectivity index (χ1) is 8.10. The molecule has 0 saturated heterocycles. The summed E-state index contributed by atoms with van der Waals surface area (Å²) in [5.41, 5.74) is 7.52. The van der Waals surface area contributed by atoms with E-state index >= 15 is 0 Å². The van der Waals surface area contributed by atoms with Crippen molar-refractivity contribution in [2.75, 3.05) is 5.32 Å². The molecule has 5 nitrogen and oxygen atoms in total. The summed E-state index contributed by atoms with van der Waals surface area (Å²) in [6, 6.07) is -0.431. The zero-order valence-corrected chi connectivity index (χ0v) is 12.1. The summed E-state index contributed by atoms with van der Waals surface area (Å²) >= 11 is 0. The Morgan fingerprint density at radius 1 is 1.56 bits per heavy atom. The van der Waals surface area contributed by atoms with Gasteiger partial charge in [0.1, 0.15) is 0 Å². The summed E-state index contributed by atoms with van der Waals surface area (Å²) in [5.74, 6) is -0.128. The topological polar surface area (TPSA) is 72.9 Å². The highest BCUT2D eigenvalue weighted by Crippen LogP contribution is 2.14. The molecule has 0 fully saturated rings. The van der Waals surface area contributed by atoms with Gasteiger partial charge in [-0.25, -0.2) is 0 Å². The molecule has 1 aromatic rings. The number of aryl methyl sites for hydroxylation is 1. The normalized spacial score (nSPS) is 11.8. The van der Waals surface area contributed by atoms with Gasteiger partial charge in [-0.05, 0) is 20.3 Å². The molecule has 1 heterocycles. The van der Waals surface area contributed by atoms with Crippen molar-refractivity contribution in [2.24, 2.45) is 5.73 Å². The fourth-order valence-electron chi connectivity index (χ4n) is 1.67. The molecule has 6 heteroatoms. The first-order valence-electron chi connectivity index (χ1n) is 6.19. The third-order valence-electron chi connectivity index (χ3n) is 2.87. The van der Waals surface area contributed by atoms with E-state index in [0.717, 1.165) is 37.2 Å². The van der Waals surface area contributed by atoms with E-state index in [2.05, 4.69) is 17.3 Å². The van der Waals surface area contributed by atoms with E-state index in [1.807, 2.05) is 18.5 Å². The Balaban J connectivity index is 0.00000289. The second-order valence-electron chi connectivity index (χ2n) is 4.20. The molecule has 0 saturated carbocycles. The highest BCUT2D eigenvalue weighted by Gasteiger charge is 2.15. The van der Waals surface area contributed by atoms with Crippen LogP contribution < -0.4 is 11.1 Å². The number of hydrogen-bond acceptors (Lipinski definition) is 3. The van der Waals surface area contributed by atoms with Gasteiger partial charge in [0.25, 0.3) is 0 Å². The average molecular weight is 275 g/mol. The van der Waals surface area contributed by atoms with E-state index in [9.17, 15) is 4.79 Å². The van der Waals surface area contributed by atoms with Crippen LogP contribution in [-0.4, -0.2) is 21.7 Å². The number of unbranched alkanes of at least 4 members (excludes halogenated alkanes) is 1. The highest BCUT2D eigenvalue weighted by molar-refractivity contribution is 5.94. The zero-order valence-electron chi connectivity index (χ0n) is 11.3. The Bertz CT molecular complexity index is 378. The fourth-order valence-corrected chi connectivity index (χ4v) is 1.67. The molecule has 0 radical (unpaired) electrons. The number of aromatic nitrogens is 2. The third-order valence-corrected chi connectivity index (χ3v) is 2.87. The molecule has 0 aromatic carbocycles. The highest BCUT2D eigenvalue weighted by atomic mass is 35.5. The number of carbonyl (C=O) groups is 1. The molecule has 1 amide bonds. The van der Waals surface area contributed by atoms with Crippen LogP contribution >= 0.6 is 12.4 Å². The lowest BCUT2D eigenvalue weighted by Crippen LogP contribution is -2.35. The second kappa shape index (κ2) is 8.11. The average Bonchev–Trinajstić information content (AvgIpc) is 2.67. The van der Waals surface area contributed by atoms with Gasteiger partial charge in [0, 0.05) is 6.54 Å². The van der Waals surface area contributed by atoms with Crippen LogP contribution in [0.15, 0.2) is 6.20 Å². The van der Waals surface area contributed by atoms with E-state index in [1.54, 1.807) is 6.20 Å². The lowest BCUT2D eigenvalue weighted by Gasteiger charge is -2.11. The molecule has 0 unspecified atom stereocenters. The van der Waals surface area contributed by atoms with Crippen molar-refractivity contribution in [3.8, 4) is 0 Å². The molecule has 1 rings (SSSR count). The van der Waals surface area contributed by atoms with Crippen LogP contribution in [0.25, 0.3) is 0 Å². The Morgan fingerprint density at radius 3 is 2.72 bits per heavy atom. The van der Waals surface area contributed by atoms with Gasteiger partial charge in [-0.3, -0.25) is 9.48 Å². The Hall–Kier alpha value is -1.07. The fraction of sp³-hybridized carbons (Fsp3) is 0.667. The maximum Gasteiger partial charge on any atom is 0.241 e. The van der Waals surface area contributed by atoms with E-state index < -0.39 is 6.04 Å². The van der Waals surface area contributed by atoms with E-state index in [1.165, 1.54) is 0 Å². The van der Waals surface area contributed by atoms with Crippen molar-refractivity contribution in [1.82, 2.24) is 9.78 Å². The second-order valence-corrected chi connectivity index (χ2v) is 4.20. The zero-order chi connectivity index (χ0) is 12.8. The number of rotatable bonds is 6. The lowest BCUT2D eigenvalue weighted by molar-refractivity contribution is -0.117. The van der Waals surface area contributed by atoms with Crippen LogP contribution in [0.1, 0.15) is 38.8 Å². The smallest absolute Gasteiger partial charge is 0.241 e. The van der Waals surface area contributed by atoms with Crippen LogP contribution in [0.4, 0.5) is 5.69 Å². The number of nitrogens with one attached hydrogen (secondary N) is 1. The minimum atomic E-state index is -0.431. The van der Waals surface area contributed by atoms with Crippen LogP contribution in [-0.2, 0) is 11.3 Å². The molecule has 1 atom stereocenters. The predicted molar refractivity (Wildman–Crippen MR) is 76.0 cm³/mol. The maximum absolute atomic E-state index is 11.8. The van der Waals surface area contributed by atoms with Gasteiger partial charge in [-0.15, -0.1) is 12.4 Å². The predicted octanol–water partition coefficient (Wildman–Crippen LogP) is 2.09. The molecular weight excluding hydrogens is 252 g/mol. The van der Waals surface area contributed by atoms with Crippen molar-refractivity contribution in [3.63, 3.8) is 0 Å². The van der Waals surface area contributed by atoms with Crippen LogP contribution in [0.3, 0.4) is 0 Å². The van der Waals surface area contributed by atoms with Crippen molar-refractivity contribution >= 4 is 24.0 Å². The molecule has 1 aromatic heterocycles. The van der Waals surface area contributed by atoms with Crippen molar-refractivity contribution in [3.05, 3.63) is 11.9 Å². The lowest BCUT2D eigenvalue weighted by atomic mass is 10.1. The number of amides is 1. The molecule has 0 spiro atoms. The molecular formula is C12H23ClN4O. The van der Waals surface area contributed by atoms with Gasteiger partial charge in [-0.1, -0.05) is 19.8 Å². The number of nitrogens with two attached hydrogens (primary N) is 1. The van der Waals surface area contributed by atoms with Gasteiger partial charge in [0.05, 0.1) is 23.6 Å². The Kier molecular flexibility index (Phi) is 7.62. The number of halogens is 1. The van der Waals surface area contributed by atoms with E-state index in [-0.39, 0.29) is 18.3 Å². The number of carbonyl (C=O) groups excluding carboxylic acids is 1. The number of nitrogens with zero attached hydrogens (tertiary/aromatic N) is 2. The van der Waals surface area contributed by atoms with E-state index in [4.69, 9.17) is 5.73 Å². The molecule has 3 N–H and O–H groups in total. The van der Waals surface area contributed by atoms with Crippen molar-refractivity contribution < 1.29 is 4.79 Å². The van der Waals surface area contributed by atoms with E-state index in [0.29, 0.717) is 0 Å². The monoisotopic (exact) mass is 274 g/mol. The standard InChI is InChI=1S/C12H22N4O.ClH/c1-4-6-7-10(13)12(17)15-11-8-14-16(5-2)9(11)3;/h8,10H,4-7,13H2,1-3H3,(H,15,17);1H/t10-;/m0./s1. The summed E-state index contributed by atoms with van der Waals surface area (Å²) in [4.78, 5) is 11.8. The van der Waals surface area contributed by atoms with Gasteiger partial charge in [0.2, 0.25) is 5.91 Å². The van der Waals surface area contributed by atoms with Crippen molar-refractivity contribution in [1.29, 1.82) is 0 Å². The minimum absolute atomic E-state index is 0. The van der Waals surface area contributed by atoms with Crippen molar-refractivity contribution in [2.45, 2.75) is 52.6 Å². The van der Waals surface area contributed by atoms with Crippen LogP contribution in [0, 0.1) is 6.92 Å². The summed E-state index contributed by atoms with van der Waals surface area (Å²) in [7, 11) is 0. The largest absolute Gasteiger partial charge is 0.322 e. The third kappa shape index (κ3) is 4.31. The van der Waals surface area contributed by atoms with Crippen LogP contribution in [0.5, 0.6) is 0 Å². The number of hydrogen-bond donors (Lipinski definition) is 2. The Labute approximate surface area is 115 Å². The van der Waals surface area contributed by atoms with Gasteiger partial charge in [0.15, 0.2) is 0 Å². The summed E-state index contributed by atoms with van der Waals surface area (Å²) in [6.07, 6.45) is 4.42. The first-order valence-corrected chi connectivity index (χ1v) is 6.19. The maximum atomic E-state index is 11.8.